The van der Waals surface area contributed by atoms with E-state index >= 15 is 0 Å². The van der Waals surface area contributed by atoms with Gasteiger partial charge in [0, 0.05) is 38.3 Å². The maximum atomic E-state index is 13.3. The lowest BCUT2D eigenvalue weighted by Crippen LogP contribution is -2.32. The van der Waals surface area contributed by atoms with Gasteiger partial charge in [-0.25, -0.2) is 12.7 Å². The number of aromatic nitrogens is 1. The minimum absolute atomic E-state index is 0.0973. The van der Waals surface area contributed by atoms with Crippen molar-refractivity contribution in [2.24, 2.45) is 0 Å². The van der Waals surface area contributed by atoms with Crippen LogP contribution < -0.4 is 10.2 Å². The van der Waals surface area contributed by atoms with Crippen molar-refractivity contribution in [1.29, 1.82) is 0 Å². The average Bonchev–Trinajstić information content (AvgIpc) is 2.79. The molecule has 1 N–H and O–H groups in total. The zero-order chi connectivity index (χ0) is 22.0. The van der Waals surface area contributed by atoms with Crippen molar-refractivity contribution in [2.45, 2.75) is 24.2 Å². The van der Waals surface area contributed by atoms with E-state index in [9.17, 15) is 13.2 Å². The first-order valence-electron chi connectivity index (χ1n) is 10.3. The second-order valence-corrected chi connectivity index (χ2v) is 10.0. The van der Waals surface area contributed by atoms with Crippen molar-refractivity contribution in [2.75, 3.05) is 37.4 Å². The molecule has 0 atom stereocenters. The first-order valence-corrected chi connectivity index (χ1v) is 11.8. The van der Waals surface area contributed by atoms with Crippen LogP contribution in [0.1, 0.15) is 29.6 Å². The number of pyridine rings is 1. The first-order chi connectivity index (χ1) is 14.9. The summed E-state index contributed by atoms with van der Waals surface area (Å²) in [6.45, 7) is 1.69. The number of rotatable bonds is 5. The second kappa shape index (κ2) is 8.64. The molecular weight excluding hydrogens is 412 g/mol. The molecule has 1 aliphatic heterocycles. The van der Waals surface area contributed by atoms with E-state index in [1.165, 1.54) is 20.2 Å². The van der Waals surface area contributed by atoms with Crippen molar-refractivity contribution < 1.29 is 13.2 Å². The van der Waals surface area contributed by atoms with Crippen LogP contribution in [0.3, 0.4) is 0 Å². The van der Waals surface area contributed by atoms with Crippen LogP contribution in [-0.2, 0) is 10.0 Å². The van der Waals surface area contributed by atoms with Gasteiger partial charge in [0.25, 0.3) is 5.91 Å². The molecule has 2 heterocycles. The number of benzene rings is 2. The predicted octanol–water partition coefficient (Wildman–Crippen LogP) is 3.73. The van der Waals surface area contributed by atoms with Crippen LogP contribution in [0.2, 0.25) is 0 Å². The SMILES string of the molecule is CN(C)S(=O)(=O)c1ccc(N2CCCCC2)c(C(=O)Nc2cnc3ccccc3c2)c1. The largest absolute Gasteiger partial charge is 0.371 e. The summed E-state index contributed by atoms with van der Waals surface area (Å²) in [5, 5.41) is 3.82. The second-order valence-electron chi connectivity index (χ2n) is 7.88. The molecule has 1 aromatic heterocycles. The van der Waals surface area contributed by atoms with Gasteiger partial charge in [0.05, 0.1) is 27.9 Å². The summed E-state index contributed by atoms with van der Waals surface area (Å²) < 4.78 is 26.5. The minimum atomic E-state index is -3.66. The van der Waals surface area contributed by atoms with Crippen molar-refractivity contribution in [3.63, 3.8) is 0 Å². The standard InChI is InChI=1S/C23H26N4O3S/c1-26(2)31(29,30)19-10-11-22(27-12-6-3-7-13-27)20(15-19)23(28)25-18-14-17-8-4-5-9-21(17)24-16-18/h4-5,8-11,14-16H,3,6-7,12-13H2,1-2H3,(H,25,28). The van der Waals surface area contributed by atoms with E-state index in [1.807, 2.05) is 30.3 Å². The smallest absolute Gasteiger partial charge is 0.257 e. The summed E-state index contributed by atoms with van der Waals surface area (Å²) >= 11 is 0. The molecule has 1 saturated heterocycles. The van der Waals surface area contributed by atoms with Gasteiger partial charge in [-0.1, -0.05) is 18.2 Å². The molecule has 0 radical (unpaired) electrons. The van der Waals surface area contributed by atoms with Gasteiger partial charge in [-0.2, -0.15) is 0 Å². The monoisotopic (exact) mass is 438 g/mol. The molecule has 31 heavy (non-hydrogen) atoms. The number of hydrogen-bond donors (Lipinski definition) is 1. The zero-order valence-corrected chi connectivity index (χ0v) is 18.5. The molecule has 0 aliphatic carbocycles. The maximum absolute atomic E-state index is 13.3. The Balaban J connectivity index is 1.72. The average molecular weight is 439 g/mol. The third-order valence-corrected chi connectivity index (χ3v) is 7.35. The molecule has 1 fully saturated rings. The van der Waals surface area contributed by atoms with Gasteiger partial charge >= 0.3 is 0 Å². The number of piperidine rings is 1. The van der Waals surface area contributed by atoms with Gasteiger partial charge in [-0.05, 0) is 49.6 Å². The Morgan fingerprint density at radius 3 is 2.52 bits per heavy atom. The summed E-state index contributed by atoms with van der Waals surface area (Å²) in [7, 11) is -0.699. The summed E-state index contributed by atoms with van der Waals surface area (Å²) in [6.07, 6.45) is 4.87. The van der Waals surface area contributed by atoms with E-state index in [2.05, 4.69) is 15.2 Å². The van der Waals surface area contributed by atoms with Crippen LogP contribution in [-0.4, -0.2) is 50.8 Å². The van der Waals surface area contributed by atoms with Crippen LogP contribution in [0.15, 0.2) is 59.6 Å². The number of fused-ring (bicyclic) bond motifs is 1. The van der Waals surface area contributed by atoms with Crippen LogP contribution >= 0.6 is 0 Å². The van der Waals surface area contributed by atoms with Crippen LogP contribution in [0.4, 0.5) is 11.4 Å². The van der Waals surface area contributed by atoms with Gasteiger partial charge in [0.2, 0.25) is 10.0 Å². The maximum Gasteiger partial charge on any atom is 0.257 e. The lowest BCUT2D eigenvalue weighted by atomic mass is 10.1. The van der Waals surface area contributed by atoms with Crippen molar-refractivity contribution in [1.82, 2.24) is 9.29 Å². The predicted molar refractivity (Wildman–Crippen MR) is 123 cm³/mol. The fraction of sp³-hybridized carbons (Fsp3) is 0.304. The molecule has 4 rings (SSSR count). The number of nitrogens with zero attached hydrogens (tertiary/aromatic N) is 3. The summed E-state index contributed by atoms with van der Waals surface area (Å²) in [5.74, 6) is -0.353. The Bertz CT molecular complexity index is 1220. The van der Waals surface area contributed by atoms with E-state index in [0.29, 0.717) is 11.3 Å². The fourth-order valence-electron chi connectivity index (χ4n) is 3.82. The number of para-hydroxylation sites is 1. The summed E-state index contributed by atoms with van der Waals surface area (Å²) in [5.41, 5.74) is 2.50. The topological polar surface area (TPSA) is 82.6 Å². The summed E-state index contributed by atoms with van der Waals surface area (Å²) in [6, 6.07) is 14.3. The highest BCUT2D eigenvalue weighted by Gasteiger charge is 2.24. The molecule has 7 nitrogen and oxygen atoms in total. The van der Waals surface area contributed by atoms with Crippen LogP contribution in [0, 0.1) is 0 Å². The van der Waals surface area contributed by atoms with Crippen LogP contribution in [0.5, 0.6) is 0 Å². The van der Waals surface area contributed by atoms with Gasteiger partial charge in [0.1, 0.15) is 0 Å². The fourth-order valence-corrected chi connectivity index (χ4v) is 4.75. The quantitative estimate of drug-likeness (QED) is 0.656. The Morgan fingerprint density at radius 1 is 1.03 bits per heavy atom. The van der Waals surface area contributed by atoms with Crippen molar-refractivity contribution >= 4 is 38.2 Å². The summed E-state index contributed by atoms with van der Waals surface area (Å²) in [4.78, 5) is 19.9. The van der Waals surface area contributed by atoms with Crippen LogP contribution in [0.25, 0.3) is 10.9 Å². The number of amides is 1. The highest BCUT2D eigenvalue weighted by Crippen LogP contribution is 2.29. The molecule has 1 amide bonds. The van der Waals surface area contributed by atoms with Gasteiger partial charge in [-0.15, -0.1) is 0 Å². The van der Waals surface area contributed by atoms with Gasteiger partial charge < -0.3 is 10.2 Å². The molecule has 0 bridgehead atoms. The lowest BCUT2D eigenvalue weighted by molar-refractivity contribution is 0.102. The minimum Gasteiger partial charge on any atom is -0.371 e. The van der Waals surface area contributed by atoms with Crippen molar-refractivity contribution in [3.8, 4) is 0 Å². The Hall–Kier alpha value is -2.97. The zero-order valence-electron chi connectivity index (χ0n) is 17.7. The number of anilines is 2. The van der Waals surface area contributed by atoms with E-state index in [4.69, 9.17) is 0 Å². The lowest BCUT2D eigenvalue weighted by Gasteiger charge is -2.30. The molecule has 3 aromatic rings. The normalized spacial score (nSPS) is 14.7. The molecule has 0 saturated carbocycles. The van der Waals surface area contributed by atoms with E-state index < -0.39 is 10.0 Å². The first kappa shape index (κ1) is 21.3. The number of carbonyl (C=O) groups excluding carboxylic acids is 1. The number of nitrogens with one attached hydrogen (secondary N) is 1. The number of carbonyl (C=O) groups is 1. The highest BCUT2D eigenvalue weighted by molar-refractivity contribution is 7.89. The molecule has 2 aromatic carbocycles. The van der Waals surface area contributed by atoms with E-state index in [0.717, 1.165) is 53.2 Å². The Kier molecular flexibility index (Phi) is 5.93. The van der Waals surface area contributed by atoms with Crippen molar-refractivity contribution in [3.05, 3.63) is 60.3 Å². The number of sulfonamides is 1. The van der Waals surface area contributed by atoms with Gasteiger partial charge in [0.15, 0.2) is 0 Å². The third-order valence-electron chi connectivity index (χ3n) is 5.54. The number of hydrogen-bond acceptors (Lipinski definition) is 5. The third kappa shape index (κ3) is 4.40. The molecule has 8 heteroatoms. The van der Waals surface area contributed by atoms with E-state index in [1.54, 1.807) is 18.3 Å². The van der Waals surface area contributed by atoms with E-state index in [-0.39, 0.29) is 10.8 Å². The Morgan fingerprint density at radius 2 is 1.77 bits per heavy atom. The Labute approximate surface area is 182 Å². The molecule has 0 unspecified atom stereocenters. The molecule has 0 spiro atoms. The molecular formula is C23H26N4O3S. The molecule has 1 aliphatic rings. The van der Waals surface area contributed by atoms with Gasteiger partial charge in [-0.3, -0.25) is 9.78 Å². The molecule has 162 valence electrons. The highest BCUT2D eigenvalue weighted by atomic mass is 32.2.